The zero-order valence-corrected chi connectivity index (χ0v) is 12.4. The highest BCUT2D eigenvalue weighted by atomic mass is 16.4. The molecule has 0 aliphatic carbocycles. The second-order valence-electron chi connectivity index (χ2n) is 4.89. The fourth-order valence-electron chi connectivity index (χ4n) is 1.79. The van der Waals surface area contributed by atoms with Gasteiger partial charge in [-0.15, -0.1) is 0 Å². The Bertz CT molecular complexity index is 569. The molecule has 1 atom stereocenters. The quantitative estimate of drug-likeness (QED) is 0.779. The van der Waals surface area contributed by atoms with E-state index in [0.29, 0.717) is 11.3 Å². The summed E-state index contributed by atoms with van der Waals surface area (Å²) in [5, 5.41) is 14.0. The molecule has 0 spiro atoms. The van der Waals surface area contributed by atoms with E-state index in [-0.39, 0.29) is 11.5 Å². The Morgan fingerprint density at radius 1 is 1.24 bits per heavy atom. The van der Waals surface area contributed by atoms with E-state index in [0.717, 1.165) is 0 Å². The number of carboxylic acid groups (broad SMARTS) is 1. The molecule has 0 radical (unpaired) electrons. The van der Waals surface area contributed by atoms with Crippen LogP contribution in [0.15, 0.2) is 18.2 Å². The molecule has 0 fully saturated rings. The average Bonchev–Trinajstić information content (AvgIpc) is 2.36. The van der Waals surface area contributed by atoms with E-state index in [1.54, 1.807) is 34.0 Å². The van der Waals surface area contributed by atoms with Gasteiger partial charge in [-0.25, -0.2) is 9.59 Å². The summed E-state index contributed by atoms with van der Waals surface area (Å²) in [6.45, 7) is 3.23. The number of hydrogen-bond acceptors (Lipinski definition) is 3. The Balaban J connectivity index is 2.69. The molecule has 0 aromatic heterocycles. The lowest BCUT2D eigenvalue weighted by atomic mass is 10.1. The topological polar surface area (TPSA) is 98.7 Å². The standard InChI is InChI=1S/C14H19N3O4/c1-8-7-10(5-6-11(8)13(19)20)16-14(21)15-9(2)12(18)17(3)4/h5-7,9H,1-4H3,(H,19,20)(H2,15,16,21). The van der Waals surface area contributed by atoms with Gasteiger partial charge in [-0.2, -0.15) is 0 Å². The molecule has 1 rings (SSSR count). The van der Waals surface area contributed by atoms with Crippen LogP contribution in [-0.4, -0.2) is 48.1 Å². The van der Waals surface area contributed by atoms with Crippen LogP contribution in [0.3, 0.4) is 0 Å². The molecule has 21 heavy (non-hydrogen) atoms. The number of amides is 3. The minimum Gasteiger partial charge on any atom is -0.478 e. The first kappa shape index (κ1) is 16.5. The number of carbonyl (C=O) groups is 3. The summed E-state index contributed by atoms with van der Waals surface area (Å²) >= 11 is 0. The lowest BCUT2D eigenvalue weighted by molar-refractivity contribution is -0.130. The van der Waals surface area contributed by atoms with E-state index in [9.17, 15) is 14.4 Å². The summed E-state index contributed by atoms with van der Waals surface area (Å²) in [6.07, 6.45) is 0. The lowest BCUT2D eigenvalue weighted by Crippen LogP contribution is -2.45. The first-order valence-electron chi connectivity index (χ1n) is 6.35. The smallest absolute Gasteiger partial charge is 0.335 e. The number of aryl methyl sites for hydroxylation is 1. The number of carbonyl (C=O) groups excluding carboxylic acids is 2. The summed E-state index contributed by atoms with van der Waals surface area (Å²) in [5.74, 6) is -1.24. The van der Waals surface area contributed by atoms with Gasteiger partial charge in [-0.05, 0) is 37.6 Å². The number of nitrogens with zero attached hydrogens (tertiary/aromatic N) is 1. The van der Waals surface area contributed by atoms with E-state index in [4.69, 9.17) is 5.11 Å². The summed E-state index contributed by atoms with van der Waals surface area (Å²) in [6, 6.07) is 3.29. The first-order chi connectivity index (χ1) is 9.72. The van der Waals surface area contributed by atoms with Gasteiger partial charge in [0.25, 0.3) is 0 Å². The first-order valence-corrected chi connectivity index (χ1v) is 6.35. The number of carboxylic acids is 1. The zero-order chi connectivity index (χ0) is 16.2. The third kappa shape index (κ3) is 4.48. The van der Waals surface area contributed by atoms with E-state index < -0.39 is 18.0 Å². The second-order valence-corrected chi connectivity index (χ2v) is 4.89. The predicted molar refractivity (Wildman–Crippen MR) is 78.4 cm³/mol. The molecule has 114 valence electrons. The van der Waals surface area contributed by atoms with E-state index in [2.05, 4.69) is 10.6 Å². The molecule has 1 unspecified atom stereocenters. The number of anilines is 1. The second kappa shape index (κ2) is 6.74. The van der Waals surface area contributed by atoms with Crippen LogP contribution < -0.4 is 10.6 Å². The van der Waals surface area contributed by atoms with Crippen molar-refractivity contribution in [3.8, 4) is 0 Å². The van der Waals surface area contributed by atoms with E-state index >= 15 is 0 Å². The van der Waals surface area contributed by atoms with Gasteiger partial charge in [0.05, 0.1) is 5.56 Å². The van der Waals surface area contributed by atoms with Gasteiger partial charge >= 0.3 is 12.0 Å². The molecule has 1 aromatic carbocycles. The highest BCUT2D eigenvalue weighted by molar-refractivity contribution is 5.95. The third-order valence-corrected chi connectivity index (χ3v) is 2.87. The van der Waals surface area contributed by atoms with Crippen molar-refractivity contribution in [1.29, 1.82) is 0 Å². The lowest BCUT2D eigenvalue weighted by Gasteiger charge is -2.18. The molecule has 0 bridgehead atoms. The minimum absolute atomic E-state index is 0.178. The molecular weight excluding hydrogens is 274 g/mol. The van der Waals surface area contributed by atoms with E-state index in [1.165, 1.54) is 17.0 Å². The monoisotopic (exact) mass is 293 g/mol. The summed E-state index contributed by atoms with van der Waals surface area (Å²) in [7, 11) is 3.21. The van der Waals surface area contributed by atoms with Crippen molar-refractivity contribution >= 4 is 23.6 Å². The van der Waals surface area contributed by atoms with Gasteiger partial charge in [0.2, 0.25) is 5.91 Å². The highest BCUT2D eigenvalue weighted by Crippen LogP contribution is 2.15. The van der Waals surface area contributed by atoms with Crippen molar-refractivity contribution in [2.75, 3.05) is 19.4 Å². The maximum atomic E-state index is 11.8. The van der Waals surface area contributed by atoms with Gasteiger partial charge in [0, 0.05) is 19.8 Å². The van der Waals surface area contributed by atoms with Crippen LogP contribution in [-0.2, 0) is 4.79 Å². The molecule has 0 saturated heterocycles. The van der Waals surface area contributed by atoms with Crippen LogP contribution in [0.5, 0.6) is 0 Å². The van der Waals surface area contributed by atoms with Crippen LogP contribution >= 0.6 is 0 Å². The number of nitrogens with one attached hydrogen (secondary N) is 2. The molecule has 0 aliphatic rings. The third-order valence-electron chi connectivity index (χ3n) is 2.87. The van der Waals surface area contributed by atoms with E-state index in [1.807, 2.05) is 0 Å². The Morgan fingerprint density at radius 2 is 1.86 bits per heavy atom. The number of rotatable bonds is 4. The average molecular weight is 293 g/mol. The van der Waals surface area contributed by atoms with Crippen molar-refractivity contribution in [3.05, 3.63) is 29.3 Å². The predicted octanol–water partition coefficient (Wildman–Crippen LogP) is 1.29. The molecule has 3 amide bonds. The Morgan fingerprint density at radius 3 is 2.33 bits per heavy atom. The van der Waals surface area contributed by atoms with Gasteiger partial charge in [0.1, 0.15) is 6.04 Å². The van der Waals surface area contributed by atoms with Crippen molar-refractivity contribution in [3.63, 3.8) is 0 Å². The number of benzene rings is 1. The number of likely N-dealkylation sites (N-methyl/N-ethyl adjacent to an activating group) is 1. The zero-order valence-electron chi connectivity index (χ0n) is 12.4. The van der Waals surface area contributed by atoms with Crippen LogP contribution in [0, 0.1) is 6.92 Å². The molecule has 1 aromatic rings. The fraction of sp³-hybridized carbons (Fsp3) is 0.357. The number of aromatic carboxylic acids is 1. The molecule has 0 saturated carbocycles. The van der Waals surface area contributed by atoms with Crippen molar-refractivity contribution < 1.29 is 19.5 Å². The molecule has 3 N–H and O–H groups in total. The number of urea groups is 1. The SMILES string of the molecule is Cc1cc(NC(=O)NC(C)C(=O)N(C)C)ccc1C(=O)O. The molecule has 0 heterocycles. The molecule has 7 heteroatoms. The van der Waals surface area contributed by atoms with Crippen molar-refractivity contribution in [1.82, 2.24) is 10.2 Å². The number of hydrogen-bond donors (Lipinski definition) is 3. The minimum atomic E-state index is -1.02. The van der Waals surface area contributed by atoms with Crippen LogP contribution in [0.1, 0.15) is 22.8 Å². The maximum absolute atomic E-state index is 11.8. The van der Waals surface area contributed by atoms with Crippen LogP contribution in [0.2, 0.25) is 0 Å². The summed E-state index contributed by atoms with van der Waals surface area (Å²) in [5.41, 5.74) is 1.18. The highest BCUT2D eigenvalue weighted by Gasteiger charge is 2.17. The van der Waals surface area contributed by atoms with Crippen LogP contribution in [0.4, 0.5) is 10.5 Å². The largest absolute Gasteiger partial charge is 0.478 e. The molecular formula is C14H19N3O4. The van der Waals surface area contributed by atoms with Gasteiger partial charge in [-0.3, -0.25) is 4.79 Å². The van der Waals surface area contributed by atoms with Crippen molar-refractivity contribution in [2.45, 2.75) is 19.9 Å². The maximum Gasteiger partial charge on any atom is 0.335 e. The Kier molecular flexibility index (Phi) is 5.29. The van der Waals surface area contributed by atoms with Gasteiger partial charge in [-0.1, -0.05) is 0 Å². The summed E-state index contributed by atoms with van der Waals surface area (Å²) in [4.78, 5) is 35.7. The molecule has 0 aliphatic heterocycles. The Hall–Kier alpha value is -2.57. The van der Waals surface area contributed by atoms with Gasteiger partial charge < -0.3 is 20.6 Å². The van der Waals surface area contributed by atoms with Crippen LogP contribution in [0.25, 0.3) is 0 Å². The fourth-order valence-corrected chi connectivity index (χ4v) is 1.79. The molecule has 7 nitrogen and oxygen atoms in total. The summed E-state index contributed by atoms with van der Waals surface area (Å²) < 4.78 is 0. The Labute approximate surface area is 122 Å². The van der Waals surface area contributed by atoms with Gasteiger partial charge in [0.15, 0.2) is 0 Å². The normalized spacial score (nSPS) is 11.4. The van der Waals surface area contributed by atoms with Crippen molar-refractivity contribution in [2.24, 2.45) is 0 Å².